The molecule has 8 heteroatoms. The predicted molar refractivity (Wildman–Crippen MR) is 86.1 cm³/mol. The third-order valence-corrected chi connectivity index (χ3v) is 5.85. The molecule has 2 unspecified atom stereocenters. The van der Waals surface area contributed by atoms with E-state index in [0.29, 0.717) is 10.4 Å². The first-order valence-corrected chi connectivity index (χ1v) is 9.36. The lowest BCUT2D eigenvalue weighted by atomic mass is 9.98. The summed E-state index contributed by atoms with van der Waals surface area (Å²) in [4.78, 5) is 4.06. The van der Waals surface area contributed by atoms with Crippen LogP contribution >= 0.6 is 15.9 Å². The quantitative estimate of drug-likeness (QED) is 0.425. The molecule has 4 N–H and O–H groups in total. The lowest BCUT2D eigenvalue weighted by molar-refractivity contribution is 0.399. The molecule has 1 aliphatic rings. The first kappa shape index (κ1) is 16.7. The Morgan fingerprint density at radius 2 is 2.05 bits per heavy atom. The number of nitrogen functional groups attached to an aromatic ring is 1. The van der Waals surface area contributed by atoms with Crippen molar-refractivity contribution in [1.29, 1.82) is 0 Å². The molecule has 0 amide bonds. The van der Waals surface area contributed by atoms with Crippen LogP contribution in [0.25, 0.3) is 0 Å². The largest absolute Gasteiger partial charge is 0.307 e. The van der Waals surface area contributed by atoms with Gasteiger partial charge in [-0.1, -0.05) is 26.2 Å². The van der Waals surface area contributed by atoms with Crippen molar-refractivity contribution in [3.63, 3.8) is 0 Å². The standard InChI is InChI=1S/C13H21BrN4O2S/c1-9-5-3-2-4-6-11(9)18-21(19,20)12-7-10(14)8-16-13(12)17-15/h7-9,11,18H,2-6,15H2,1H3,(H,16,17). The fraction of sp³-hybridized carbons (Fsp3) is 0.615. The van der Waals surface area contributed by atoms with Crippen LogP contribution in [-0.4, -0.2) is 19.4 Å². The molecule has 1 fully saturated rings. The number of rotatable bonds is 4. The zero-order chi connectivity index (χ0) is 15.5. The number of nitrogens with zero attached hydrogens (tertiary/aromatic N) is 1. The van der Waals surface area contributed by atoms with Gasteiger partial charge in [0.2, 0.25) is 10.0 Å². The molecule has 0 aromatic carbocycles. The van der Waals surface area contributed by atoms with E-state index in [1.54, 1.807) is 0 Å². The predicted octanol–water partition coefficient (Wildman–Crippen LogP) is 2.38. The van der Waals surface area contributed by atoms with E-state index in [2.05, 4.69) is 38.0 Å². The van der Waals surface area contributed by atoms with Crippen molar-refractivity contribution < 1.29 is 8.42 Å². The van der Waals surface area contributed by atoms with Gasteiger partial charge in [0.05, 0.1) is 0 Å². The van der Waals surface area contributed by atoms with Crippen LogP contribution in [0.5, 0.6) is 0 Å². The molecular weight excluding hydrogens is 356 g/mol. The van der Waals surface area contributed by atoms with Crippen LogP contribution < -0.4 is 16.0 Å². The smallest absolute Gasteiger partial charge is 0.244 e. The van der Waals surface area contributed by atoms with Gasteiger partial charge in [0.15, 0.2) is 5.82 Å². The van der Waals surface area contributed by atoms with Crippen LogP contribution in [0.15, 0.2) is 21.6 Å². The zero-order valence-electron chi connectivity index (χ0n) is 12.0. The van der Waals surface area contributed by atoms with Gasteiger partial charge in [0.25, 0.3) is 0 Å². The van der Waals surface area contributed by atoms with Crippen LogP contribution in [0.2, 0.25) is 0 Å². The average molecular weight is 377 g/mol. The van der Waals surface area contributed by atoms with Crippen molar-refractivity contribution in [2.24, 2.45) is 11.8 Å². The fourth-order valence-electron chi connectivity index (χ4n) is 2.66. The fourth-order valence-corrected chi connectivity index (χ4v) is 4.67. The highest BCUT2D eigenvalue weighted by molar-refractivity contribution is 9.10. The lowest BCUT2D eigenvalue weighted by Crippen LogP contribution is -2.39. The number of hydrogen-bond acceptors (Lipinski definition) is 5. The Hall–Kier alpha value is -0.700. The van der Waals surface area contributed by atoms with Gasteiger partial charge in [-0.25, -0.2) is 24.0 Å². The van der Waals surface area contributed by atoms with Gasteiger partial charge in [-0.15, -0.1) is 0 Å². The maximum Gasteiger partial charge on any atom is 0.244 e. The summed E-state index contributed by atoms with van der Waals surface area (Å²) in [6.45, 7) is 2.10. The number of sulfonamides is 1. The van der Waals surface area contributed by atoms with Crippen LogP contribution in [0.3, 0.4) is 0 Å². The van der Waals surface area contributed by atoms with Crippen molar-refractivity contribution in [3.8, 4) is 0 Å². The highest BCUT2D eigenvalue weighted by Gasteiger charge is 2.28. The van der Waals surface area contributed by atoms with E-state index in [1.807, 2.05) is 0 Å². The number of nitrogens with one attached hydrogen (secondary N) is 2. The van der Waals surface area contributed by atoms with E-state index in [9.17, 15) is 8.42 Å². The summed E-state index contributed by atoms with van der Waals surface area (Å²) in [6.07, 6.45) is 6.79. The Morgan fingerprint density at radius 1 is 1.33 bits per heavy atom. The van der Waals surface area contributed by atoms with Crippen LogP contribution in [0, 0.1) is 5.92 Å². The topological polar surface area (TPSA) is 97.1 Å². The molecule has 2 rings (SSSR count). The van der Waals surface area contributed by atoms with Gasteiger partial charge >= 0.3 is 0 Å². The van der Waals surface area contributed by atoms with Crippen molar-refractivity contribution in [3.05, 3.63) is 16.7 Å². The molecule has 0 bridgehead atoms. The highest BCUT2D eigenvalue weighted by Crippen LogP contribution is 2.27. The van der Waals surface area contributed by atoms with Gasteiger partial charge < -0.3 is 5.43 Å². The van der Waals surface area contributed by atoms with E-state index in [1.165, 1.54) is 12.3 Å². The molecule has 0 aliphatic heterocycles. The molecule has 118 valence electrons. The minimum Gasteiger partial charge on any atom is -0.307 e. The molecule has 1 heterocycles. The SMILES string of the molecule is CC1CCCCCC1NS(=O)(=O)c1cc(Br)cnc1NN. The Balaban J connectivity index is 2.27. The van der Waals surface area contributed by atoms with Gasteiger partial charge in [-0.05, 0) is 40.8 Å². The molecule has 0 spiro atoms. The van der Waals surface area contributed by atoms with Gasteiger partial charge in [0.1, 0.15) is 4.90 Å². The summed E-state index contributed by atoms with van der Waals surface area (Å²) in [7, 11) is -3.66. The van der Waals surface area contributed by atoms with Crippen molar-refractivity contribution >= 4 is 31.8 Å². The molecule has 21 heavy (non-hydrogen) atoms. The van der Waals surface area contributed by atoms with Crippen molar-refractivity contribution in [2.75, 3.05) is 5.43 Å². The normalized spacial score (nSPS) is 23.6. The number of anilines is 1. The number of hydrogen-bond donors (Lipinski definition) is 3. The minimum absolute atomic E-state index is 0.0397. The maximum atomic E-state index is 12.6. The first-order valence-electron chi connectivity index (χ1n) is 7.08. The van der Waals surface area contributed by atoms with E-state index < -0.39 is 10.0 Å². The second kappa shape index (κ2) is 7.04. The van der Waals surface area contributed by atoms with E-state index in [0.717, 1.165) is 32.1 Å². The molecule has 1 aliphatic carbocycles. The summed E-state index contributed by atoms with van der Waals surface area (Å²) in [5.41, 5.74) is 2.34. The Labute approximate surface area is 134 Å². The summed E-state index contributed by atoms with van der Waals surface area (Å²) in [5.74, 6) is 5.84. The second-order valence-electron chi connectivity index (χ2n) is 5.49. The maximum absolute atomic E-state index is 12.6. The van der Waals surface area contributed by atoms with E-state index in [-0.39, 0.29) is 16.8 Å². The van der Waals surface area contributed by atoms with Crippen molar-refractivity contribution in [2.45, 2.75) is 50.0 Å². The average Bonchev–Trinajstić information content (AvgIpc) is 2.64. The number of hydrazine groups is 1. The summed E-state index contributed by atoms with van der Waals surface area (Å²) < 4.78 is 28.7. The number of nitrogens with two attached hydrogens (primary N) is 1. The monoisotopic (exact) mass is 376 g/mol. The number of pyridine rings is 1. The third kappa shape index (κ3) is 4.15. The molecule has 0 saturated heterocycles. The summed E-state index contributed by atoms with van der Waals surface area (Å²) >= 11 is 3.24. The first-order chi connectivity index (χ1) is 9.94. The van der Waals surface area contributed by atoms with Gasteiger partial charge in [-0.3, -0.25) is 0 Å². The Bertz CT molecular complexity index is 594. The second-order valence-corrected chi connectivity index (χ2v) is 8.09. The van der Waals surface area contributed by atoms with Crippen LogP contribution in [0.1, 0.15) is 39.0 Å². The molecule has 0 radical (unpaired) electrons. The van der Waals surface area contributed by atoms with Gasteiger partial charge in [0, 0.05) is 16.7 Å². The highest BCUT2D eigenvalue weighted by atomic mass is 79.9. The van der Waals surface area contributed by atoms with Crippen LogP contribution in [-0.2, 0) is 10.0 Å². The Morgan fingerprint density at radius 3 is 2.76 bits per heavy atom. The van der Waals surface area contributed by atoms with Gasteiger partial charge in [-0.2, -0.15) is 0 Å². The van der Waals surface area contributed by atoms with E-state index >= 15 is 0 Å². The zero-order valence-corrected chi connectivity index (χ0v) is 14.4. The van der Waals surface area contributed by atoms with Crippen LogP contribution in [0.4, 0.5) is 5.82 Å². The third-order valence-electron chi connectivity index (χ3n) is 3.91. The summed E-state index contributed by atoms with van der Waals surface area (Å²) in [5, 5.41) is 0. The molecule has 1 aromatic rings. The minimum atomic E-state index is -3.66. The molecule has 6 nitrogen and oxygen atoms in total. The molecular formula is C13H21BrN4O2S. The molecule has 1 aromatic heterocycles. The number of aromatic nitrogens is 1. The lowest BCUT2D eigenvalue weighted by Gasteiger charge is -2.23. The number of halogens is 1. The molecule has 1 saturated carbocycles. The van der Waals surface area contributed by atoms with Crippen molar-refractivity contribution in [1.82, 2.24) is 9.71 Å². The molecule has 2 atom stereocenters. The van der Waals surface area contributed by atoms with E-state index in [4.69, 9.17) is 5.84 Å². The Kier molecular flexibility index (Phi) is 5.59. The summed E-state index contributed by atoms with van der Waals surface area (Å²) in [6, 6.07) is 1.47.